The molecule has 8 heteroatoms. The molecular formula is C10H14N6O2. The van der Waals surface area contributed by atoms with Crippen molar-refractivity contribution in [3.8, 4) is 0 Å². The van der Waals surface area contributed by atoms with Crippen molar-refractivity contribution >= 4 is 23.0 Å². The molecule has 0 amide bonds. The summed E-state index contributed by atoms with van der Waals surface area (Å²) in [6, 6.07) is 0. The number of hydrogen-bond donors (Lipinski definition) is 2. The number of hydrogen-bond acceptors (Lipinski definition) is 6. The second-order valence-corrected chi connectivity index (χ2v) is 4.33. The molecule has 0 unspecified atom stereocenters. The Labute approximate surface area is 103 Å². The maximum atomic E-state index is 11.2. The predicted molar refractivity (Wildman–Crippen MR) is 65.1 cm³/mol. The lowest BCUT2D eigenvalue weighted by Gasteiger charge is -2.21. The monoisotopic (exact) mass is 250 g/mol. The summed E-state index contributed by atoms with van der Waals surface area (Å²) in [6.45, 7) is 1.38. The number of carboxylic acids is 1. The van der Waals surface area contributed by atoms with Crippen LogP contribution in [-0.2, 0) is 10.5 Å². The molecule has 2 heterocycles. The van der Waals surface area contributed by atoms with Gasteiger partial charge in [0.15, 0.2) is 22.6 Å². The molecule has 0 aliphatic heterocycles. The van der Waals surface area contributed by atoms with Crippen LogP contribution in [0.4, 0.5) is 5.82 Å². The van der Waals surface area contributed by atoms with Gasteiger partial charge in [0.2, 0.25) is 0 Å². The van der Waals surface area contributed by atoms with E-state index in [0.29, 0.717) is 17.0 Å². The number of nitrogens with two attached hydrogens (primary N) is 1. The van der Waals surface area contributed by atoms with Gasteiger partial charge >= 0.3 is 5.97 Å². The first-order chi connectivity index (χ1) is 8.35. The van der Waals surface area contributed by atoms with Crippen LogP contribution in [0.15, 0.2) is 12.7 Å². The van der Waals surface area contributed by atoms with Crippen molar-refractivity contribution in [2.75, 3.05) is 19.0 Å². The standard InChI is InChI=1S/C10H14N6O2/c1-10(11,9(17)18)16-5-14-6-7(15(2)3)12-4-13-8(6)16/h4-5H,11H2,1-3H3,(H,17,18)/t10-/m1/s1. The first-order valence-electron chi connectivity index (χ1n) is 5.24. The van der Waals surface area contributed by atoms with Crippen molar-refractivity contribution in [3.05, 3.63) is 12.7 Å². The van der Waals surface area contributed by atoms with Gasteiger partial charge in [-0.05, 0) is 6.92 Å². The lowest BCUT2D eigenvalue weighted by Crippen LogP contribution is -2.47. The maximum Gasteiger partial charge on any atom is 0.344 e. The fourth-order valence-corrected chi connectivity index (χ4v) is 1.59. The summed E-state index contributed by atoms with van der Waals surface area (Å²) >= 11 is 0. The fourth-order valence-electron chi connectivity index (χ4n) is 1.59. The van der Waals surface area contributed by atoms with Crippen molar-refractivity contribution in [1.82, 2.24) is 19.5 Å². The number of aromatic nitrogens is 4. The Kier molecular flexibility index (Phi) is 2.66. The average molecular weight is 250 g/mol. The third-order valence-electron chi connectivity index (χ3n) is 2.67. The second-order valence-electron chi connectivity index (χ2n) is 4.33. The summed E-state index contributed by atoms with van der Waals surface area (Å²) in [4.78, 5) is 25.2. The molecule has 8 nitrogen and oxygen atoms in total. The molecule has 0 fully saturated rings. The summed E-state index contributed by atoms with van der Waals surface area (Å²) < 4.78 is 1.32. The normalized spacial score (nSPS) is 14.4. The van der Waals surface area contributed by atoms with Gasteiger partial charge in [-0.25, -0.2) is 19.7 Å². The molecule has 96 valence electrons. The van der Waals surface area contributed by atoms with Crippen LogP contribution in [0.1, 0.15) is 6.92 Å². The summed E-state index contributed by atoms with van der Waals surface area (Å²) in [5, 5.41) is 9.12. The molecule has 0 radical (unpaired) electrons. The predicted octanol–water partition coefficient (Wildman–Crippen LogP) is -0.392. The zero-order valence-electron chi connectivity index (χ0n) is 10.3. The van der Waals surface area contributed by atoms with Gasteiger partial charge in [-0.1, -0.05) is 0 Å². The number of nitrogens with zero attached hydrogens (tertiary/aromatic N) is 5. The number of aliphatic carboxylic acids is 1. The minimum absolute atomic E-state index is 0.390. The number of imidazole rings is 1. The highest BCUT2D eigenvalue weighted by Crippen LogP contribution is 2.22. The van der Waals surface area contributed by atoms with Crippen LogP contribution < -0.4 is 10.6 Å². The molecule has 18 heavy (non-hydrogen) atoms. The van der Waals surface area contributed by atoms with Crippen molar-refractivity contribution in [1.29, 1.82) is 0 Å². The van der Waals surface area contributed by atoms with Crippen LogP contribution in [0.2, 0.25) is 0 Å². The molecule has 0 aliphatic rings. The Morgan fingerprint density at radius 1 is 1.44 bits per heavy atom. The van der Waals surface area contributed by atoms with Crippen LogP contribution in [-0.4, -0.2) is 44.7 Å². The van der Waals surface area contributed by atoms with E-state index < -0.39 is 11.6 Å². The maximum absolute atomic E-state index is 11.2. The van der Waals surface area contributed by atoms with Crippen LogP contribution in [0.25, 0.3) is 11.2 Å². The molecule has 2 aromatic heterocycles. The van der Waals surface area contributed by atoms with E-state index in [4.69, 9.17) is 10.8 Å². The average Bonchev–Trinajstić information content (AvgIpc) is 2.72. The van der Waals surface area contributed by atoms with Gasteiger partial charge in [-0.3, -0.25) is 10.3 Å². The van der Waals surface area contributed by atoms with Gasteiger partial charge in [0.05, 0.1) is 6.33 Å². The molecule has 0 aromatic carbocycles. The number of fused-ring (bicyclic) bond motifs is 1. The number of carboxylic acid groups (broad SMARTS) is 1. The van der Waals surface area contributed by atoms with Crippen LogP contribution in [0, 0.1) is 0 Å². The SMILES string of the molecule is CN(C)c1ncnc2c1ncn2[C@@](C)(N)C(=O)O. The molecule has 0 spiro atoms. The molecule has 0 saturated carbocycles. The van der Waals surface area contributed by atoms with Gasteiger partial charge < -0.3 is 10.0 Å². The molecular weight excluding hydrogens is 236 g/mol. The zero-order valence-corrected chi connectivity index (χ0v) is 10.3. The summed E-state index contributed by atoms with van der Waals surface area (Å²) in [6.07, 6.45) is 2.72. The van der Waals surface area contributed by atoms with E-state index in [1.807, 2.05) is 14.1 Å². The Balaban J connectivity index is 2.70. The zero-order chi connectivity index (χ0) is 13.5. The van der Waals surface area contributed by atoms with E-state index in [2.05, 4.69) is 15.0 Å². The van der Waals surface area contributed by atoms with Gasteiger partial charge in [0, 0.05) is 14.1 Å². The molecule has 0 aliphatic carbocycles. The molecule has 0 saturated heterocycles. The first kappa shape index (κ1) is 12.2. The highest BCUT2D eigenvalue weighted by molar-refractivity contribution is 5.85. The van der Waals surface area contributed by atoms with Crippen LogP contribution in [0.3, 0.4) is 0 Å². The van der Waals surface area contributed by atoms with Crippen LogP contribution in [0.5, 0.6) is 0 Å². The summed E-state index contributed by atoms with van der Waals surface area (Å²) in [5.41, 5.74) is 5.07. The third-order valence-corrected chi connectivity index (χ3v) is 2.67. The Morgan fingerprint density at radius 3 is 2.67 bits per heavy atom. The minimum atomic E-state index is -1.60. The highest BCUT2D eigenvalue weighted by Gasteiger charge is 2.32. The lowest BCUT2D eigenvalue weighted by atomic mass is 10.2. The van der Waals surface area contributed by atoms with Gasteiger partial charge in [0.1, 0.15) is 6.33 Å². The largest absolute Gasteiger partial charge is 0.478 e. The van der Waals surface area contributed by atoms with E-state index in [9.17, 15) is 4.79 Å². The third kappa shape index (κ3) is 1.66. The first-order valence-corrected chi connectivity index (χ1v) is 5.24. The van der Waals surface area contributed by atoms with Crippen molar-refractivity contribution in [2.24, 2.45) is 5.73 Å². The number of anilines is 1. The quantitative estimate of drug-likeness (QED) is 0.763. The number of rotatable bonds is 3. The van der Waals surface area contributed by atoms with E-state index in [0.717, 1.165) is 0 Å². The second kappa shape index (κ2) is 3.91. The smallest absolute Gasteiger partial charge is 0.344 e. The van der Waals surface area contributed by atoms with Crippen molar-refractivity contribution < 1.29 is 9.90 Å². The molecule has 1 atom stereocenters. The van der Waals surface area contributed by atoms with E-state index in [1.54, 1.807) is 4.90 Å². The highest BCUT2D eigenvalue weighted by atomic mass is 16.4. The molecule has 2 rings (SSSR count). The Hall–Kier alpha value is -2.22. The topological polar surface area (TPSA) is 110 Å². The minimum Gasteiger partial charge on any atom is -0.478 e. The van der Waals surface area contributed by atoms with Gasteiger partial charge in [0.25, 0.3) is 0 Å². The Bertz CT molecular complexity index is 603. The number of carbonyl (C=O) groups is 1. The molecule has 2 aromatic rings. The summed E-state index contributed by atoms with van der Waals surface area (Å²) in [5.74, 6) is -0.549. The van der Waals surface area contributed by atoms with Crippen molar-refractivity contribution in [2.45, 2.75) is 12.6 Å². The van der Waals surface area contributed by atoms with E-state index >= 15 is 0 Å². The van der Waals surface area contributed by atoms with E-state index in [-0.39, 0.29) is 0 Å². The van der Waals surface area contributed by atoms with Crippen molar-refractivity contribution in [3.63, 3.8) is 0 Å². The van der Waals surface area contributed by atoms with Crippen LogP contribution >= 0.6 is 0 Å². The lowest BCUT2D eigenvalue weighted by molar-refractivity contribution is -0.146. The van der Waals surface area contributed by atoms with Gasteiger partial charge in [-0.15, -0.1) is 0 Å². The molecule has 3 N–H and O–H groups in total. The summed E-state index contributed by atoms with van der Waals surface area (Å²) in [7, 11) is 3.64. The Morgan fingerprint density at radius 2 is 2.11 bits per heavy atom. The van der Waals surface area contributed by atoms with E-state index in [1.165, 1.54) is 24.1 Å². The molecule has 0 bridgehead atoms. The fraction of sp³-hybridized carbons (Fsp3) is 0.400. The van der Waals surface area contributed by atoms with Gasteiger partial charge in [-0.2, -0.15) is 0 Å².